The summed E-state index contributed by atoms with van der Waals surface area (Å²) in [7, 11) is 1.52. The van der Waals surface area contributed by atoms with E-state index in [1.165, 1.54) is 7.11 Å². The highest BCUT2D eigenvalue weighted by atomic mass is 16.5. The first-order valence-corrected chi connectivity index (χ1v) is 6.00. The van der Waals surface area contributed by atoms with Gasteiger partial charge >= 0.3 is 0 Å². The van der Waals surface area contributed by atoms with Gasteiger partial charge in [0.2, 0.25) is 11.8 Å². The number of fused-ring (bicyclic) bond motifs is 1. The molecular formula is C12H15N5O2. The normalized spacial score (nSPS) is 22.8. The van der Waals surface area contributed by atoms with E-state index in [2.05, 4.69) is 15.0 Å². The van der Waals surface area contributed by atoms with E-state index < -0.39 is 6.10 Å². The van der Waals surface area contributed by atoms with Crippen LogP contribution in [0.15, 0.2) is 18.0 Å². The monoisotopic (exact) mass is 261 g/mol. The second-order valence-electron chi connectivity index (χ2n) is 4.64. The third-order valence-corrected chi connectivity index (χ3v) is 3.40. The van der Waals surface area contributed by atoms with Crippen LogP contribution in [0.1, 0.15) is 19.4 Å². The second-order valence-corrected chi connectivity index (χ2v) is 4.64. The Balaban J connectivity index is 2.13. The number of aliphatic hydroxyl groups is 1. The number of imidazole rings is 1. The van der Waals surface area contributed by atoms with Gasteiger partial charge < -0.3 is 20.1 Å². The summed E-state index contributed by atoms with van der Waals surface area (Å²) in [5.74, 6) is 0.505. The first-order chi connectivity index (χ1) is 9.10. The highest BCUT2D eigenvalue weighted by molar-refractivity contribution is 5.77. The van der Waals surface area contributed by atoms with Gasteiger partial charge in [-0.15, -0.1) is 0 Å². The number of nitrogens with two attached hydrogens (primary N) is 1. The molecule has 0 unspecified atom stereocenters. The van der Waals surface area contributed by atoms with Crippen LogP contribution in [-0.2, 0) is 0 Å². The third kappa shape index (κ3) is 1.82. The molecule has 7 nitrogen and oxygen atoms in total. The second kappa shape index (κ2) is 4.20. The highest BCUT2D eigenvalue weighted by Crippen LogP contribution is 2.32. The van der Waals surface area contributed by atoms with Crippen LogP contribution in [-0.4, -0.2) is 37.8 Å². The van der Waals surface area contributed by atoms with E-state index in [4.69, 9.17) is 10.5 Å². The van der Waals surface area contributed by atoms with Crippen LogP contribution in [0.3, 0.4) is 0 Å². The fourth-order valence-corrected chi connectivity index (χ4v) is 2.38. The summed E-state index contributed by atoms with van der Waals surface area (Å²) < 4.78 is 7.04. The van der Waals surface area contributed by atoms with E-state index >= 15 is 0 Å². The van der Waals surface area contributed by atoms with Crippen molar-refractivity contribution in [2.24, 2.45) is 0 Å². The van der Waals surface area contributed by atoms with E-state index in [9.17, 15) is 5.11 Å². The Morgan fingerprint density at radius 1 is 1.47 bits per heavy atom. The Morgan fingerprint density at radius 2 is 2.26 bits per heavy atom. The molecule has 19 heavy (non-hydrogen) atoms. The largest absolute Gasteiger partial charge is 0.479 e. The summed E-state index contributed by atoms with van der Waals surface area (Å²) >= 11 is 0. The molecule has 0 aromatic carbocycles. The van der Waals surface area contributed by atoms with Crippen LogP contribution in [0.2, 0.25) is 0 Å². The molecule has 0 aliphatic heterocycles. The molecule has 0 saturated heterocycles. The van der Waals surface area contributed by atoms with Crippen LogP contribution in [0, 0.1) is 0 Å². The van der Waals surface area contributed by atoms with Crippen molar-refractivity contribution >= 4 is 17.1 Å². The minimum Gasteiger partial charge on any atom is -0.479 e. The molecule has 3 N–H and O–H groups in total. The summed E-state index contributed by atoms with van der Waals surface area (Å²) in [4.78, 5) is 12.5. The van der Waals surface area contributed by atoms with Gasteiger partial charge in [-0.1, -0.05) is 6.08 Å². The number of anilines is 1. The van der Waals surface area contributed by atoms with E-state index in [0.29, 0.717) is 23.5 Å². The number of nitrogen functional groups attached to an aromatic ring is 1. The zero-order valence-corrected chi connectivity index (χ0v) is 10.7. The molecular weight excluding hydrogens is 246 g/mol. The van der Waals surface area contributed by atoms with Crippen molar-refractivity contribution < 1.29 is 9.84 Å². The maximum absolute atomic E-state index is 9.81. The zero-order chi connectivity index (χ0) is 13.6. The lowest BCUT2D eigenvalue weighted by molar-refractivity contribution is 0.201. The van der Waals surface area contributed by atoms with Gasteiger partial charge in [0, 0.05) is 6.42 Å². The number of nitrogens with zero attached hydrogens (tertiary/aromatic N) is 4. The summed E-state index contributed by atoms with van der Waals surface area (Å²) in [6, 6.07) is 0.0269. The lowest BCUT2D eigenvalue weighted by Crippen LogP contribution is -2.09. The molecule has 7 heteroatoms. The maximum atomic E-state index is 9.81. The van der Waals surface area contributed by atoms with Crippen molar-refractivity contribution in [3.8, 4) is 5.88 Å². The smallest absolute Gasteiger partial charge is 0.246 e. The molecule has 0 amide bonds. The van der Waals surface area contributed by atoms with Crippen LogP contribution >= 0.6 is 0 Å². The molecule has 2 heterocycles. The highest BCUT2D eigenvalue weighted by Gasteiger charge is 2.25. The number of aromatic nitrogens is 4. The quantitative estimate of drug-likeness (QED) is 0.771. The summed E-state index contributed by atoms with van der Waals surface area (Å²) in [6.07, 6.45) is 3.89. The Labute approximate surface area is 109 Å². The van der Waals surface area contributed by atoms with Crippen molar-refractivity contribution in [3.63, 3.8) is 0 Å². The summed E-state index contributed by atoms with van der Waals surface area (Å²) in [5, 5.41) is 9.81. The van der Waals surface area contributed by atoms with E-state index in [0.717, 1.165) is 5.57 Å². The average Bonchev–Trinajstić information content (AvgIpc) is 2.93. The molecule has 0 bridgehead atoms. The third-order valence-electron chi connectivity index (χ3n) is 3.40. The Hall–Kier alpha value is -2.15. The Bertz CT molecular complexity index is 663. The molecule has 1 aliphatic rings. The number of hydrogen-bond donors (Lipinski definition) is 2. The van der Waals surface area contributed by atoms with Gasteiger partial charge in [0.15, 0.2) is 11.2 Å². The zero-order valence-electron chi connectivity index (χ0n) is 10.7. The van der Waals surface area contributed by atoms with E-state index in [1.54, 1.807) is 6.33 Å². The van der Waals surface area contributed by atoms with Gasteiger partial charge in [-0.25, -0.2) is 4.98 Å². The van der Waals surface area contributed by atoms with Crippen LogP contribution < -0.4 is 10.5 Å². The number of rotatable bonds is 2. The Kier molecular flexibility index (Phi) is 2.63. The van der Waals surface area contributed by atoms with Gasteiger partial charge in [-0.3, -0.25) is 0 Å². The van der Waals surface area contributed by atoms with E-state index in [1.807, 2.05) is 17.6 Å². The topological polar surface area (TPSA) is 99.1 Å². The molecule has 1 aliphatic carbocycles. The molecule has 3 rings (SSSR count). The van der Waals surface area contributed by atoms with E-state index in [-0.39, 0.29) is 12.0 Å². The molecule has 0 spiro atoms. The predicted octanol–water partition coefficient (Wildman–Crippen LogP) is 0.669. The molecule has 0 fully saturated rings. The summed E-state index contributed by atoms with van der Waals surface area (Å²) in [5.41, 5.74) is 7.82. The molecule has 100 valence electrons. The van der Waals surface area contributed by atoms with Gasteiger partial charge in [0.25, 0.3) is 0 Å². The fourth-order valence-electron chi connectivity index (χ4n) is 2.38. The minimum absolute atomic E-state index is 0.0269. The SMILES string of the molecule is COc1nc(N)nc2c1ncn2[C@H]1C=C(C)[C@@H](O)C1. The number of aliphatic hydroxyl groups excluding tert-OH is 1. The standard InChI is InChI=1S/C12H15N5O2/c1-6-3-7(4-8(6)18)17-5-14-9-10(17)15-12(13)16-11(9)19-2/h3,5,7-8,18H,4H2,1-2H3,(H2,13,15,16)/t7-,8-/m0/s1. The van der Waals surface area contributed by atoms with Crippen molar-refractivity contribution in [1.82, 2.24) is 19.5 Å². The van der Waals surface area contributed by atoms with Gasteiger partial charge in [-0.2, -0.15) is 9.97 Å². The molecule has 2 atom stereocenters. The van der Waals surface area contributed by atoms with Crippen molar-refractivity contribution in [3.05, 3.63) is 18.0 Å². The van der Waals surface area contributed by atoms with Crippen molar-refractivity contribution in [2.45, 2.75) is 25.5 Å². The predicted molar refractivity (Wildman–Crippen MR) is 69.7 cm³/mol. The van der Waals surface area contributed by atoms with Crippen molar-refractivity contribution in [1.29, 1.82) is 0 Å². The lowest BCUT2D eigenvalue weighted by atomic mass is 10.2. The summed E-state index contributed by atoms with van der Waals surface area (Å²) in [6.45, 7) is 1.91. The van der Waals surface area contributed by atoms with Gasteiger partial charge in [0.05, 0.1) is 25.6 Å². The van der Waals surface area contributed by atoms with Crippen LogP contribution in [0.5, 0.6) is 5.88 Å². The minimum atomic E-state index is -0.413. The van der Waals surface area contributed by atoms with Gasteiger partial charge in [0.1, 0.15) is 0 Å². The number of ether oxygens (including phenoxy) is 1. The molecule has 2 aromatic rings. The van der Waals surface area contributed by atoms with Gasteiger partial charge in [-0.05, 0) is 12.5 Å². The van der Waals surface area contributed by atoms with Crippen molar-refractivity contribution in [2.75, 3.05) is 12.8 Å². The van der Waals surface area contributed by atoms with Crippen LogP contribution in [0.25, 0.3) is 11.2 Å². The fraction of sp³-hybridized carbons (Fsp3) is 0.417. The lowest BCUT2D eigenvalue weighted by Gasteiger charge is -2.11. The molecule has 2 aromatic heterocycles. The Morgan fingerprint density at radius 3 is 2.89 bits per heavy atom. The average molecular weight is 261 g/mol. The number of methoxy groups -OCH3 is 1. The first-order valence-electron chi connectivity index (χ1n) is 6.00. The number of hydrogen-bond acceptors (Lipinski definition) is 6. The number of allylic oxidation sites excluding steroid dienone is 1. The van der Waals surface area contributed by atoms with Crippen LogP contribution in [0.4, 0.5) is 5.95 Å². The molecule has 0 saturated carbocycles. The first kappa shape index (κ1) is 11.9. The maximum Gasteiger partial charge on any atom is 0.246 e. The molecule has 0 radical (unpaired) electrons.